The summed E-state index contributed by atoms with van der Waals surface area (Å²) < 4.78 is 29.6. The monoisotopic (exact) mass is 764 g/mol. The molecule has 0 unspecified atom stereocenters. The normalized spacial score (nSPS) is 56.1. The zero-order valence-corrected chi connectivity index (χ0v) is 32.9. The standard InChI is InChI=1S/C41H64O13/c1-36(2)14-20-19-8-9-24-38(5)12-11-26(53-34-32(48)30(46)29(45)22(52-34)18-51-33-31(47)28(44)21(42)17-50-33)37(3,4)23(38)10-13-39(24,6)40(19,7)15-25(43)41(20)16-27(36)54-35(41)49/h8,20-34,42-48H,9-18H2,1-7H3/t20-,21-,22+,23-,24+,25+,26-,27-,28-,29+,30-,31+,32+,33-,34-,38-,39+,40+,41+/m0/s1. The number of rotatable bonds is 5. The van der Waals surface area contributed by atoms with Gasteiger partial charge in [-0.2, -0.15) is 0 Å². The first-order chi connectivity index (χ1) is 25.1. The summed E-state index contributed by atoms with van der Waals surface area (Å²) in [4.78, 5) is 13.6. The smallest absolute Gasteiger partial charge is 0.315 e. The molecule has 0 amide bonds. The average Bonchev–Trinajstić information content (AvgIpc) is 3.42. The second kappa shape index (κ2) is 12.9. The van der Waals surface area contributed by atoms with Crippen molar-refractivity contribution in [3.63, 3.8) is 0 Å². The van der Waals surface area contributed by atoms with Crippen LogP contribution in [0.2, 0.25) is 0 Å². The number of hydrogen-bond acceptors (Lipinski definition) is 13. The fraction of sp³-hybridized carbons (Fsp3) is 0.927. The van der Waals surface area contributed by atoms with Gasteiger partial charge >= 0.3 is 5.97 Å². The summed E-state index contributed by atoms with van der Waals surface area (Å²) in [7, 11) is 0. The zero-order valence-electron chi connectivity index (χ0n) is 32.9. The molecule has 3 heterocycles. The predicted molar refractivity (Wildman–Crippen MR) is 191 cm³/mol. The molecule has 8 rings (SSSR count). The SMILES string of the molecule is CC1(C)C[C@H]2C3=CC[C@@H]4[C@@]5(C)CC[C@H](O[C@@H]6O[C@H](CO[C@@H]7OC[C@H](O)[C@H](O)[C@H]7O)[C@@H](O)[C@H](O)[C@H]6O)C(C)(C)[C@@H]5CC[C@@]4(C)[C@]3(C)C[C@@H](O)[C@@]23C[C@@H]1OC3=O. The summed E-state index contributed by atoms with van der Waals surface area (Å²) in [5.41, 5.74) is -0.493. The van der Waals surface area contributed by atoms with E-state index in [1.807, 2.05) is 0 Å². The van der Waals surface area contributed by atoms with Gasteiger partial charge in [-0.25, -0.2) is 0 Å². The molecular formula is C41H64O13. The molecular weight excluding hydrogens is 700 g/mol. The quantitative estimate of drug-likeness (QED) is 0.122. The Labute approximate surface area is 318 Å². The number of fused-ring (bicyclic) bond motifs is 7. The van der Waals surface area contributed by atoms with Gasteiger partial charge in [-0.15, -0.1) is 0 Å². The van der Waals surface area contributed by atoms with Crippen LogP contribution in [0.4, 0.5) is 0 Å². The van der Waals surface area contributed by atoms with Gasteiger partial charge in [0, 0.05) is 11.8 Å². The van der Waals surface area contributed by atoms with Gasteiger partial charge in [0.1, 0.15) is 54.2 Å². The van der Waals surface area contributed by atoms with Crippen LogP contribution in [0, 0.1) is 50.2 Å². The van der Waals surface area contributed by atoms with Crippen molar-refractivity contribution < 1.29 is 64.2 Å². The summed E-state index contributed by atoms with van der Waals surface area (Å²) in [6.07, 6.45) is -5.09. The van der Waals surface area contributed by atoms with Gasteiger partial charge < -0.3 is 59.4 Å². The molecule has 0 aromatic carbocycles. The Kier molecular flexibility index (Phi) is 9.45. The molecule has 3 aliphatic heterocycles. The number of carbonyl (C=O) groups excluding carboxylic acids is 1. The van der Waals surface area contributed by atoms with E-state index in [0.717, 1.165) is 32.1 Å². The van der Waals surface area contributed by atoms with Crippen LogP contribution < -0.4 is 0 Å². The van der Waals surface area contributed by atoms with E-state index in [4.69, 9.17) is 23.7 Å². The van der Waals surface area contributed by atoms with E-state index in [2.05, 4.69) is 54.5 Å². The van der Waals surface area contributed by atoms with Crippen LogP contribution in [0.3, 0.4) is 0 Å². The number of carbonyl (C=O) groups is 1. The first-order valence-electron chi connectivity index (χ1n) is 20.4. The van der Waals surface area contributed by atoms with E-state index >= 15 is 0 Å². The van der Waals surface area contributed by atoms with E-state index in [1.54, 1.807) is 0 Å². The van der Waals surface area contributed by atoms with E-state index in [-0.39, 0.29) is 70.3 Å². The van der Waals surface area contributed by atoms with E-state index in [0.29, 0.717) is 25.2 Å². The largest absolute Gasteiger partial charge is 0.461 e. The summed E-state index contributed by atoms with van der Waals surface area (Å²) in [6.45, 7) is 15.5. The van der Waals surface area contributed by atoms with E-state index < -0.39 is 66.8 Å². The molecule has 13 heteroatoms. The molecule has 8 aliphatic rings. The Morgan fingerprint density at radius 1 is 0.796 bits per heavy atom. The third-order valence-corrected chi connectivity index (χ3v) is 17.3. The van der Waals surface area contributed by atoms with Crippen molar-refractivity contribution in [2.75, 3.05) is 13.2 Å². The molecule has 306 valence electrons. The molecule has 54 heavy (non-hydrogen) atoms. The third kappa shape index (κ3) is 5.32. The first-order valence-corrected chi connectivity index (χ1v) is 20.4. The van der Waals surface area contributed by atoms with Gasteiger partial charge in [-0.05, 0) is 84.4 Å². The van der Waals surface area contributed by atoms with E-state index in [9.17, 15) is 40.5 Å². The Morgan fingerprint density at radius 3 is 2.22 bits per heavy atom. The molecule has 7 fully saturated rings. The van der Waals surface area contributed by atoms with Crippen LogP contribution in [-0.4, -0.2) is 129 Å². The zero-order chi connectivity index (χ0) is 39.1. The van der Waals surface area contributed by atoms with Crippen molar-refractivity contribution in [3.05, 3.63) is 11.6 Å². The molecule has 1 spiro atoms. The Morgan fingerprint density at radius 2 is 1.50 bits per heavy atom. The van der Waals surface area contributed by atoms with Gasteiger partial charge in [0.05, 0.1) is 25.4 Å². The van der Waals surface area contributed by atoms with Gasteiger partial charge in [-0.1, -0.05) is 60.1 Å². The first kappa shape index (κ1) is 39.6. The summed E-state index contributed by atoms with van der Waals surface area (Å²) >= 11 is 0. The van der Waals surface area contributed by atoms with Crippen molar-refractivity contribution in [3.8, 4) is 0 Å². The number of aliphatic hydroxyl groups excluding tert-OH is 7. The maximum atomic E-state index is 13.6. The van der Waals surface area contributed by atoms with Crippen LogP contribution in [0.1, 0.15) is 99.8 Å². The minimum Gasteiger partial charge on any atom is -0.461 e. The highest BCUT2D eigenvalue weighted by Gasteiger charge is 2.74. The third-order valence-electron chi connectivity index (χ3n) is 17.3. The van der Waals surface area contributed by atoms with Crippen LogP contribution in [0.5, 0.6) is 0 Å². The molecule has 3 saturated heterocycles. The Balaban J connectivity index is 1.01. The molecule has 19 atom stereocenters. The minimum atomic E-state index is -1.59. The molecule has 2 bridgehead atoms. The van der Waals surface area contributed by atoms with Crippen LogP contribution >= 0.6 is 0 Å². The Hall–Kier alpha value is -1.23. The molecule has 0 aromatic rings. The van der Waals surface area contributed by atoms with Crippen molar-refractivity contribution >= 4 is 5.97 Å². The van der Waals surface area contributed by atoms with Crippen molar-refractivity contribution in [2.45, 2.75) is 173 Å². The van der Waals surface area contributed by atoms with E-state index in [1.165, 1.54) is 5.57 Å². The van der Waals surface area contributed by atoms with Crippen LogP contribution in [0.15, 0.2) is 11.6 Å². The second-order valence-corrected chi connectivity index (χ2v) is 20.5. The second-order valence-electron chi connectivity index (χ2n) is 20.5. The predicted octanol–water partition coefficient (Wildman–Crippen LogP) is 1.94. The molecule has 4 saturated carbocycles. The van der Waals surface area contributed by atoms with Crippen molar-refractivity contribution in [2.24, 2.45) is 50.2 Å². The summed E-state index contributed by atoms with van der Waals surface area (Å²) in [5, 5.41) is 74.9. The highest BCUT2D eigenvalue weighted by atomic mass is 16.7. The molecule has 0 radical (unpaired) electrons. The lowest BCUT2D eigenvalue weighted by molar-refractivity contribution is -0.340. The minimum absolute atomic E-state index is 0.0406. The van der Waals surface area contributed by atoms with Crippen molar-refractivity contribution in [1.82, 2.24) is 0 Å². The number of aliphatic hydroxyl groups is 7. The lowest BCUT2D eigenvalue weighted by Crippen LogP contribution is -2.67. The summed E-state index contributed by atoms with van der Waals surface area (Å²) in [6, 6.07) is 0. The molecule has 0 aromatic heterocycles. The molecule has 7 N–H and O–H groups in total. The van der Waals surface area contributed by atoms with Gasteiger partial charge in [0.25, 0.3) is 0 Å². The van der Waals surface area contributed by atoms with Gasteiger partial charge in [0.2, 0.25) is 0 Å². The fourth-order valence-corrected chi connectivity index (χ4v) is 13.8. The maximum Gasteiger partial charge on any atom is 0.315 e. The highest BCUT2D eigenvalue weighted by Crippen LogP contribution is 2.76. The lowest BCUT2D eigenvalue weighted by atomic mass is 9.33. The molecule has 5 aliphatic carbocycles. The number of ether oxygens (including phenoxy) is 5. The average molecular weight is 765 g/mol. The number of allylic oxidation sites excluding steroid dienone is 2. The van der Waals surface area contributed by atoms with Gasteiger partial charge in [-0.3, -0.25) is 4.79 Å². The van der Waals surface area contributed by atoms with Crippen LogP contribution in [-0.2, 0) is 28.5 Å². The maximum absolute atomic E-state index is 13.6. The lowest BCUT2D eigenvalue weighted by Gasteiger charge is -2.71. The Bertz CT molecular complexity index is 1520. The fourth-order valence-electron chi connectivity index (χ4n) is 13.8. The number of hydrogen-bond donors (Lipinski definition) is 7. The molecule has 13 nitrogen and oxygen atoms in total. The topological polar surface area (TPSA) is 205 Å². The number of esters is 1. The van der Waals surface area contributed by atoms with Crippen LogP contribution in [0.25, 0.3) is 0 Å². The van der Waals surface area contributed by atoms with Crippen molar-refractivity contribution in [1.29, 1.82) is 0 Å². The van der Waals surface area contributed by atoms with Gasteiger partial charge in [0.15, 0.2) is 12.6 Å². The summed E-state index contributed by atoms with van der Waals surface area (Å²) in [5.74, 6) is 0.320. The highest BCUT2D eigenvalue weighted by molar-refractivity contribution is 5.82.